The van der Waals surface area contributed by atoms with E-state index in [2.05, 4.69) is 53.7 Å². The smallest absolute Gasteiger partial charge is 0.245 e. The Labute approximate surface area is 295 Å². The number of hydrogen-bond acceptors (Lipinski definition) is 8. The summed E-state index contributed by atoms with van der Waals surface area (Å²) in [6, 6.07) is 16.4. The molecule has 2 N–H and O–H groups in total. The molecular formula is C40H50N4O6. The van der Waals surface area contributed by atoms with Gasteiger partial charge in [0.05, 0.1) is 33.1 Å². The number of hydrogen-bond donors (Lipinski definition) is 2. The normalized spacial score (nSPS) is 16.6. The molecular weight excluding hydrogens is 632 g/mol. The molecule has 1 aliphatic heterocycles. The maximum absolute atomic E-state index is 14.0. The van der Waals surface area contributed by atoms with Gasteiger partial charge in [-0.15, -0.1) is 0 Å². The SMILES string of the molecule is COc1cc2c(c(OC)c1OC)-c1ccc(N[C@H](CC(C)C)C(=O)N3CCN(C/C=C/c4ccccc4)CC3)c(=O)cc1[C@H](NC(C)=O)CC2. The van der Waals surface area contributed by atoms with E-state index >= 15 is 0 Å². The topological polar surface area (TPSA) is 109 Å². The van der Waals surface area contributed by atoms with Crippen LogP contribution in [0.1, 0.15) is 56.3 Å². The molecule has 0 unspecified atom stereocenters. The van der Waals surface area contributed by atoms with Crippen LogP contribution >= 0.6 is 0 Å². The fourth-order valence-electron chi connectivity index (χ4n) is 6.98. The van der Waals surface area contributed by atoms with Crippen molar-refractivity contribution in [1.29, 1.82) is 0 Å². The van der Waals surface area contributed by atoms with E-state index in [-0.39, 0.29) is 23.2 Å². The van der Waals surface area contributed by atoms with Crippen molar-refractivity contribution in [1.82, 2.24) is 15.1 Å². The molecule has 266 valence electrons. The van der Waals surface area contributed by atoms with Gasteiger partial charge in [-0.25, -0.2) is 0 Å². The summed E-state index contributed by atoms with van der Waals surface area (Å²) in [5.74, 6) is 1.48. The van der Waals surface area contributed by atoms with E-state index in [1.165, 1.54) is 12.5 Å². The van der Waals surface area contributed by atoms with Gasteiger partial charge in [0.2, 0.25) is 23.0 Å². The van der Waals surface area contributed by atoms with Gasteiger partial charge in [0, 0.05) is 45.2 Å². The van der Waals surface area contributed by atoms with Crippen LogP contribution < -0.4 is 30.3 Å². The van der Waals surface area contributed by atoms with Crippen LogP contribution in [0.5, 0.6) is 17.2 Å². The van der Waals surface area contributed by atoms with Gasteiger partial charge in [-0.2, -0.15) is 0 Å². The van der Waals surface area contributed by atoms with Gasteiger partial charge in [-0.05, 0) is 65.6 Å². The number of nitrogens with one attached hydrogen (secondary N) is 2. The number of fused-ring (bicyclic) bond motifs is 3. The van der Waals surface area contributed by atoms with E-state index in [0.717, 1.165) is 36.3 Å². The number of amides is 2. The van der Waals surface area contributed by atoms with Crippen LogP contribution in [-0.2, 0) is 16.0 Å². The summed E-state index contributed by atoms with van der Waals surface area (Å²) in [7, 11) is 4.71. The molecule has 1 heterocycles. The second-order valence-corrected chi connectivity index (χ2v) is 13.4. The van der Waals surface area contributed by atoms with E-state index in [1.807, 2.05) is 35.2 Å². The van der Waals surface area contributed by atoms with Crippen LogP contribution in [0, 0.1) is 5.92 Å². The number of carbonyl (C=O) groups is 2. The predicted molar refractivity (Wildman–Crippen MR) is 198 cm³/mol. The van der Waals surface area contributed by atoms with Crippen molar-refractivity contribution >= 4 is 23.6 Å². The van der Waals surface area contributed by atoms with Crippen molar-refractivity contribution in [3.8, 4) is 28.4 Å². The van der Waals surface area contributed by atoms with Crippen LogP contribution in [0.2, 0.25) is 0 Å². The number of aryl methyl sites for hydroxylation is 1. The molecule has 1 aliphatic carbocycles. The fraction of sp³-hybridized carbons (Fsp3) is 0.425. The number of benzene rings is 2. The minimum absolute atomic E-state index is 0.00869. The minimum Gasteiger partial charge on any atom is -0.493 e. The molecule has 3 aromatic carbocycles. The summed E-state index contributed by atoms with van der Waals surface area (Å²) >= 11 is 0. The number of carbonyl (C=O) groups excluding carboxylic acids is 2. The summed E-state index contributed by atoms with van der Waals surface area (Å²) in [5, 5.41) is 6.41. The van der Waals surface area contributed by atoms with E-state index in [4.69, 9.17) is 14.2 Å². The number of piperazine rings is 1. The monoisotopic (exact) mass is 682 g/mol. The number of rotatable bonds is 12. The standard InChI is InChI=1S/C40H50N4O6/c1-26(2)23-34(40(47)44-21-19-43(20-22-44)18-10-13-28-11-8-7-9-12-28)42-33-17-15-30-31(25-35(33)46)32(41-27(3)45)16-14-29-24-36(48-4)38(49-5)39(50-6)37(29)30/h7-13,15,17,24-26,32,34H,14,16,18-23H2,1-6H3,(H,41,45)(H,42,46)/b13-10+/t32-,34-/m1/s1. The van der Waals surface area contributed by atoms with Crippen molar-refractivity contribution in [3.63, 3.8) is 0 Å². The number of ether oxygens (including phenoxy) is 3. The lowest BCUT2D eigenvalue weighted by Crippen LogP contribution is -2.53. The molecule has 0 spiro atoms. The Morgan fingerprint density at radius 2 is 1.66 bits per heavy atom. The maximum atomic E-state index is 14.0. The summed E-state index contributed by atoms with van der Waals surface area (Å²) < 4.78 is 17.3. The van der Waals surface area contributed by atoms with Crippen LogP contribution in [0.15, 0.2) is 65.5 Å². The van der Waals surface area contributed by atoms with Crippen LogP contribution in [0.25, 0.3) is 17.2 Å². The average Bonchev–Trinajstić information content (AvgIpc) is 3.35. The second-order valence-electron chi connectivity index (χ2n) is 13.4. The minimum atomic E-state index is -0.577. The highest BCUT2D eigenvalue weighted by Crippen LogP contribution is 2.50. The van der Waals surface area contributed by atoms with Crippen molar-refractivity contribution < 1.29 is 23.8 Å². The third-order valence-electron chi connectivity index (χ3n) is 9.41. The zero-order valence-electron chi connectivity index (χ0n) is 30.1. The second kappa shape index (κ2) is 16.7. The largest absolute Gasteiger partial charge is 0.493 e. The van der Waals surface area contributed by atoms with E-state index < -0.39 is 12.1 Å². The molecule has 5 rings (SSSR count). The molecule has 3 aromatic rings. The Bertz CT molecular complexity index is 1750. The summed E-state index contributed by atoms with van der Waals surface area (Å²) in [4.78, 5) is 44.6. The third-order valence-corrected chi connectivity index (χ3v) is 9.41. The maximum Gasteiger partial charge on any atom is 0.245 e. The molecule has 2 amide bonds. The van der Waals surface area contributed by atoms with Crippen LogP contribution in [0.3, 0.4) is 0 Å². The fourth-order valence-corrected chi connectivity index (χ4v) is 6.98. The summed E-state index contributed by atoms with van der Waals surface area (Å²) in [5.41, 5.74) is 4.37. The number of nitrogens with zero attached hydrogens (tertiary/aromatic N) is 2. The van der Waals surface area contributed by atoms with Crippen molar-refractivity contribution in [2.24, 2.45) is 5.92 Å². The first-order valence-corrected chi connectivity index (χ1v) is 17.4. The molecule has 2 aliphatic rings. The van der Waals surface area contributed by atoms with Gasteiger partial charge >= 0.3 is 0 Å². The molecule has 50 heavy (non-hydrogen) atoms. The molecule has 0 radical (unpaired) electrons. The highest BCUT2D eigenvalue weighted by Gasteiger charge is 2.31. The molecule has 1 fully saturated rings. The van der Waals surface area contributed by atoms with Gasteiger partial charge in [0.15, 0.2) is 11.5 Å². The van der Waals surface area contributed by atoms with E-state index in [9.17, 15) is 14.4 Å². The first-order chi connectivity index (χ1) is 24.1. The molecule has 10 nitrogen and oxygen atoms in total. The molecule has 0 aromatic heterocycles. The van der Waals surface area contributed by atoms with Gasteiger partial charge in [0.25, 0.3) is 0 Å². The third kappa shape index (κ3) is 8.48. The lowest BCUT2D eigenvalue weighted by atomic mass is 9.95. The highest BCUT2D eigenvalue weighted by molar-refractivity contribution is 5.86. The highest BCUT2D eigenvalue weighted by atomic mass is 16.5. The van der Waals surface area contributed by atoms with Gasteiger partial charge in [0.1, 0.15) is 6.04 Å². The molecule has 0 bridgehead atoms. The van der Waals surface area contributed by atoms with E-state index in [0.29, 0.717) is 60.9 Å². The van der Waals surface area contributed by atoms with Gasteiger partial charge < -0.3 is 29.7 Å². The Kier molecular flexibility index (Phi) is 12.2. The van der Waals surface area contributed by atoms with Crippen molar-refractivity contribution in [2.75, 3.05) is 59.4 Å². The average molecular weight is 683 g/mol. The summed E-state index contributed by atoms with van der Waals surface area (Å²) in [6.45, 7) is 9.24. The summed E-state index contributed by atoms with van der Waals surface area (Å²) in [6.07, 6.45) is 6.03. The molecule has 2 atom stereocenters. The van der Waals surface area contributed by atoms with Crippen molar-refractivity contribution in [3.05, 3.63) is 87.6 Å². The zero-order chi connectivity index (χ0) is 35.8. The molecule has 0 saturated carbocycles. The van der Waals surface area contributed by atoms with Crippen LogP contribution in [0.4, 0.5) is 5.69 Å². The number of anilines is 1. The Morgan fingerprint density at radius 1 is 0.940 bits per heavy atom. The van der Waals surface area contributed by atoms with Crippen LogP contribution in [-0.4, -0.2) is 81.7 Å². The predicted octanol–water partition coefficient (Wildman–Crippen LogP) is 5.55. The van der Waals surface area contributed by atoms with Gasteiger partial charge in [-0.3, -0.25) is 19.3 Å². The Hall–Kier alpha value is -4.83. The lowest BCUT2D eigenvalue weighted by Gasteiger charge is -2.36. The lowest BCUT2D eigenvalue weighted by molar-refractivity contribution is -0.134. The Morgan fingerprint density at radius 3 is 2.30 bits per heavy atom. The zero-order valence-corrected chi connectivity index (χ0v) is 30.1. The van der Waals surface area contributed by atoms with E-state index in [1.54, 1.807) is 33.5 Å². The number of methoxy groups -OCH3 is 3. The molecule has 10 heteroatoms. The Balaban J connectivity index is 1.43. The first-order valence-electron chi connectivity index (χ1n) is 17.4. The molecule has 1 saturated heterocycles. The van der Waals surface area contributed by atoms with Crippen molar-refractivity contribution in [2.45, 2.75) is 52.1 Å². The van der Waals surface area contributed by atoms with Gasteiger partial charge in [-0.1, -0.05) is 62.4 Å². The first kappa shape index (κ1) is 36.5. The quantitative estimate of drug-likeness (QED) is 0.256.